The summed E-state index contributed by atoms with van der Waals surface area (Å²) in [5.74, 6) is -1.33. The molecule has 0 saturated carbocycles. The predicted octanol–water partition coefficient (Wildman–Crippen LogP) is 1.88. The number of imide groups is 1. The lowest BCUT2D eigenvalue weighted by Gasteiger charge is -2.35. The van der Waals surface area contributed by atoms with Gasteiger partial charge >= 0.3 is 0 Å². The van der Waals surface area contributed by atoms with Crippen molar-refractivity contribution in [2.75, 3.05) is 39.3 Å². The molecule has 144 valence electrons. The van der Waals surface area contributed by atoms with E-state index in [0.717, 1.165) is 0 Å². The van der Waals surface area contributed by atoms with Crippen LogP contribution in [0.2, 0.25) is 0 Å². The van der Waals surface area contributed by atoms with Crippen LogP contribution in [0.5, 0.6) is 0 Å². The van der Waals surface area contributed by atoms with E-state index in [1.165, 1.54) is 17.0 Å². The molecule has 2 aromatic rings. The molecule has 0 N–H and O–H groups in total. The van der Waals surface area contributed by atoms with Gasteiger partial charge in [0, 0.05) is 39.3 Å². The molecule has 4 rings (SSSR count). The molecule has 2 heterocycles. The van der Waals surface area contributed by atoms with Crippen LogP contribution < -0.4 is 0 Å². The zero-order valence-electron chi connectivity index (χ0n) is 15.3. The average molecular weight is 381 g/mol. The van der Waals surface area contributed by atoms with E-state index in [2.05, 4.69) is 4.90 Å². The quantitative estimate of drug-likeness (QED) is 0.759. The van der Waals surface area contributed by atoms with Gasteiger partial charge in [-0.2, -0.15) is 0 Å². The Kier molecular flexibility index (Phi) is 4.92. The second kappa shape index (κ2) is 7.52. The van der Waals surface area contributed by atoms with Gasteiger partial charge in [-0.25, -0.2) is 4.39 Å². The maximum Gasteiger partial charge on any atom is 0.261 e. The molecule has 2 aliphatic rings. The molecule has 28 heavy (non-hydrogen) atoms. The lowest BCUT2D eigenvalue weighted by atomic mass is 10.1. The van der Waals surface area contributed by atoms with Crippen LogP contribution in [-0.4, -0.2) is 71.7 Å². The largest absolute Gasteiger partial charge is 0.336 e. The van der Waals surface area contributed by atoms with Crippen LogP contribution in [0.4, 0.5) is 4.39 Å². The van der Waals surface area contributed by atoms with Gasteiger partial charge in [-0.3, -0.25) is 24.2 Å². The molecule has 6 nitrogen and oxygen atoms in total. The van der Waals surface area contributed by atoms with E-state index in [4.69, 9.17) is 0 Å². The minimum atomic E-state index is -0.513. The van der Waals surface area contributed by atoms with E-state index >= 15 is 0 Å². The highest BCUT2D eigenvalue weighted by molar-refractivity contribution is 6.21. The zero-order valence-corrected chi connectivity index (χ0v) is 15.3. The molecule has 0 atom stereocenters. The van der Waals surface area contributed by atoms with E-state index < -0.39 is 5.82 Å². The Labute approximate surface area is 162 Å². The summed E-state index contributed by atoms with van der Waals surface area (Å²) >= 11 is 0. The van der Waals surface area contributed by atoms with Crippen LogP contribution in [0.3, 0.4) is 0 Å². The van der Waals surface area contributed by atoms with Gasteiger partial charge in [0.1, 0.15) is 5.82 Å². The second-order valence-corrected chi connectivity index (χ2v) is 6.92. The highest BCUT2D eigenvalue weighted by Crippen LogP contribution is 2.22. The molecule has 1 saturated heterocycles. The fourth-order valence-corrected chi connectivity index (χ4v) is 3.66. The van der Waals surface area contributed by atoms with Crippen molar-refractivity contribution in [3.63, 3.8) is 0 Å². The number of nitrogens with zero attached hydrogens (tertiary/aromatic N) is 3. The normalized spacial score (nSPS) is 17.2. The van der Waals surface area contributed by atoms with Gasteiger partial charge in [0.15, 0.2) is 0 Å². The van der Waals surface area contributed by atoms with E-state index in [-0.39, 0.29) is 23.3 Å². The summed E-state index contributed by atoms with van der Waals surface area (Å²) in [7, 11) is 0. The molecular formula is C21H20FN3O3. The number of carbonyl (C=O) groups is 3. The summed E-state index contributed by atoms with van der Waals surface area (Å²) in [4.78, 5) is 42.3. The van der Waals surface area contributed by atoms with Crippen LogP contribution in [-0.2, 0) is 0 Å². The molecule has 0 aromatic heterocycles. The van der Waals surface area contributed by atoms with Crippen LogP contribution >= 0.6 is 0 Å². The van der Waals surface area contributed by atoms with Crippen LogP contribution in [0, 0.1) is 5.82 Å². The standard InChI is InChI=1S/C21H20FN3O3/c22-18-8-4-3-7-17(18)19(26)24-12-9-23(10-13-24)11-14-25-20(27)15-5-1-2-6-16(15)21(25)28/h1-8H,9-14H2. The monoisotopic (exact) mass is 381 g/mol. The lowest BCUT2D eigenvalue weighted by molar-refractivity contribution is 0.0576. The van der Waals surface area contributed by atoms with E-state index in [0.29, 0.717) is 50.4 Å². The molecule has 0 unspecified atom stereocenters. The van der Waals surface area contributed by atoms with Gasteiger partial charge in [0.25, 0.3) is 17.7 Å². The summed E-state index contributed by atoms with van der Waals surface area (Å²) in [5, 5.41) is 0. The highest BCUT2D eigenvalue weighted by Gasteiger charge is 2.35. The molecule has 0 aliphatic carbocycles. The molecular weight excluding hydrogens is 361 g/mol. The first-order valence-electron chi connectivity index (χ1n) is 9.27. The van der Waals surface area contributed by atoms with E-state index in [1.54, 1.807) is 41.3 Å². The predicted molar refractivity (Wildman–Crippen MR) is 101 cm³/mol. The SMILES string of the molecule is O=C(c1ccccc1F)N1CCN(CCN2C(=O)c3ccccc3C2=O)CC1. The van der Waals surface area contributed by atoms with Crippen molar-refractivity contribution in [2.24, 2.45) is 0 Å². The van der Waals surface area contributed by atoms with Crippen molar-refractivity contribution >= 4 is 17.7 Å². The number of hydrogen-bond donors (Lipinski definition) is 0. The molecule has 0 spiro atoms. The summed E-state index contributed by atoms with van der Waals surface area (Å²) in [6.45, 7) is 3.05. The van der Waals surface area contributed by atoms with Gasteiger partial charge in [0.2, 0.25) is 0 Å². The number of fused-ring (bicyclic) bond motifs is 1. The van der Waals surface area contributed by atoms with Crippen LogP contribution in [0.1, 0.15) is 31.1 Å². The first-order valence-corrected chi connectivity index (χ1v) is 9.27. The first kappa shape index (κ1) is 18.3. The Balaban J connectivity index is 1.31. The number of rotatable bonds is 4. The topological polar surface area (TPSA) is 60.9 Å². The number of piperazine rings is 1. The number of hydrogen-bond acceptors (Lipinski definition) is 4. The van der Waals surface area contributed by atoms with Crippen molar-refractivity contribution in [3.05, 3.63) is 71.0 Å². The fourth-order valence-electron chi connectivity index (χ4n) is 3.66. The van der Waals surface area contributed by atoms with Gasteiger partial charge < -0.3 is 4.90 Å². The molecule has 0 radical (unpaired) electrons. The lowest BCUT2D eigenvalue weighted by Crippen LogP contribution is -2.50. The molecule has 7 heteroatoms. The van der Waals surface area contributed by atoms with Gasteiger partial charge in [-0.15, -0.1) is 0 Å². The Bertz CT molecular complexity index is 903. The third-order valence-corrected chi connectivity index (χ3v) is 5.28. The van der Waals surface area contributed by atoms with E-state index in [9.17, 15) is 18.8 Å². The van der Waals surface area contributed by atoms with Gasteiger partial charge in [0.05, 0.1) is 16.7 Å². The highest BCUT2D eigenvalue weighted by atomic mass is 19.1. The van der Waals surface area contributed by atoms with Crippen molar-refractivity contribution in [3.8, 4) is 0 Å². The third kappa shape index (κ3) is 3.29. The van der Waals surface area contributed by atoms with Crippen molar-refractivity contribution in [1.82, 2.24) is 14.7 Å². The van der Waals surface area contributed by atoms with Crippen molar-refractivity contribution < 1.29 is 18.8 Å². The van der Waals surface area contributed by atoms with Crippen molar-refractivity contribution in [2.45, 2.75) is 0 Å². The first-order chi connectivity index (χ1) is 13.6. The minimum Gasteiger partial charge on any atom is -0.336 e. The van der Waals surface area contributed by atoms with Crippen molar-refractivity contribution in [1.29, 1.82) is 0 Å². The Morgan fingerprint density at radius 2 is 1.39 bits per heavy atom. The number of amides is 3. The smallest absolute Gasteiger partial charge is 0.261 e. The molecule has 0 bridgehead atoms. The Morgan fingerprint density at radius 1 is 0.821 bits per heavy atom. The minimum absolute atomic E-state index is 0.0852. The van der Waals surface area contributed by atoms with Crippen LogP contribution in [0.25, 0.3) is 0 Å². The molecule has 1 fully saturated rings. The van der Waals surface area contributed by atoms with Gasteiger partial charge in [-0.05, 0) is 24.3 Å². The zero-order chi connectivity index (χ0) is 19.7. The summed E-state index contributed by atoms with van der Waals surface area (Å²) in [5.41, 5.74) is 0.989. The van der Waals surface area contributed by atoms with Crippen LogP contribution in [0.15, 0.2) is 48.5 Å². The molecule has 2 aliphatic heterocycles. The Hall–Kier alpha value is -3.06. The number of carbonyl (C=O) groups excluding carboxylic acids is 3. The summed E-state index contributed by atoms with van der Waals surface area (Å²) in [6, 6.07) is 12.8. The Morgan fingerprint density at radius 3 is 2.00 bits per heavy atom. The average Bonchev–Trinajstić information content (AvgIpc) is 2.97. The maximum atomic E-state index is 13.8. The maximum absolute atomic E-state index is 13.8. The van der Waals surface area contributed by atoms with E-state index in [1.807, 2.05) is 0 Å². The fraction of sp³-hybridized carbons (Fsp3) is 0.286. The van der Waals surface area contributed by atoms with Gasteiger partial charge in [-0.1, -0.05) is 24.3 Å². The summed E-state index contributed by atoms with van der Waals surface area (Å²) in [6.07, 6.45) is 0. The third-order valence-electron chi connectivity index (χ3n) is 5.28. The molecule has 3 amide bonds. The molecule has 2 aromatic carbocycles. The summed E-state index contributed by atoms with van der Waals surface area (Å²) < 4.78 is 13.8. The number of halogens is 1. The number of benzene rings is 2. The second-order valence-electron chi connectivity index (χ2n) is 6.92.